The highest BCUT2D eigenvalue weighted by Crippen LogP contribution is 2.42. The lowest BCUT2D eigenvalue weighted by Gasteiger charge is -2.39. The molecular weight excluding hydrogens is 410 g/mol. The van der Waals surface area contributed by atoms with E-state index in [0.717, 1.165) is 6.07 Å². The Labute approximate surface area is 177 Å². The van der Waals surface area contributed by atoms with Gasteiger partial charge in [0.15, 0.2) is 0 Å². The quantitative estimate of drug-likeness (QED) is 0.628. The summed E-state index contributed by atoms with van der Waals surface area (Å²) in [6.07, 6.45) is 0. The third-order valence-corrected chi connectivity index (χ3v) is 5.58. The van der Waals surface area contributed by atoms with Gasteiger partial charge >= 0.3 is 0 Å². The van der Waals surface area contributed by atoms with Gasteiger partial charge in [-0.15, -0.1) is 0 Å². The normalized spacial score (nSPS) is 18.1. The van der Waals surface area contributed by atoms with Crippen LogP contribution >= 0.6 is 11.6 Å². The minimum absolute atomic E-state index is 0.0650. The molecule has 4 rings (SSSR count). The zero-order chi connectivity index (χ0) is 21.4. The van der Waals surface area contributed by atoms with Crippen LogP contribution in [0.15, 0.2) is 66.7 Å². The molecule has 1 heterocycles. The van der Waals surface area contributed by atoms with Gasteiger partial charge in [-0.1, -0.05) is 41.9 Å². The number of carbonyl (C=O) groups excluding carboxylic acids is 2. The number of fused-ring (bicyclic) bond motifs is 1. The molecule has 30 heavy (non-hydrogen) atoms. The number of hydrogen-bond donors (Lipinski definition) is 1. The van der Waals surface area contributed by atoms with Crippen molar-refractivity contribution in [3.8, 4) is 0 Å². The number of carbonyl (C=O) groups is 2. The highest BCUT2D eigenvalue weighted by atomic mass is 35.5. The molecule has 0 saturated heterocycles. The second kappa shape index (κ2) is 7.88. The van der Waals surface area contributed by atoms with Crippen LogP contribution in [0.25, 0.3) is 0 Å². The summed E-state index contributed by atoms with van der Waals surface area (Å²) in [7, 11) is 1.61. The predicted molar refractivity (Wildman–Crippen MR) is 110 cm³/mol. The molecule has 1 aliphatic rings. The van der Waals surface area contributed by atoms with Gasteiger partial charge in [-0.3, -0.25) is 9.59 Å². The van der Waals surface area contributed by atoms with Gasteiger partial charge in [-0.05, 0) is 47.5 Å². The second-order valence-electron chi connectivity index (χ2n) is 7.09. The van der Waals surface area contributed by atoms with Crippen LogP contribution in [0.2, 0.25) is 5.02 Å². The van der Waals surface area contributed by atoms with Crippen LogP contribution in [0.3, 0.4) is 0 Å². The van der Waals surface area contributed by atoms with E-state index in [9.17, 15) is 18.4 Å². The third kappa shape index (κ3) is 3.55. The number of rotatable bonds is 3. The molecule has 1 N–H and O–H groups in total. The fourth-order valence-electron chi connectivity index (χ4n) is 3.83. The molecule has 0 aliphatic carbocycles. The number of anilines is 1. The van der Waals surface area contributed by atoms with Crippen LogP contribution in [-0.4, -0.2) is 23.8 Å². The summed E-state index contributed by atoms with van der Waals surface area (Å²) < 4.78 is 26.9. The summed E-state index contributed by atoms with van der Waals surface area (Å²) in [5.41, 5.74) is 1.86. The van der Waals surface area contributed by atoms with Crippen LogP contribution < -0.4 is 5.32 Å². The van der Waals surface area contributed by atoms with Crippen LogP contribution in [-0.2, 0) is 4.79 Å². The maximum Gasteiger partial charge on any atom is 0.254 e. The molecule has 2 amide bonds. The molecular formula is C23H17ClF2N2O2. The number of nitrogens with zero attached hydrogens (tertiary/aromatic N) is 1. The molecule has 7 heteroatoms. The molecule has 0 bridgehead atoms. The van der Waals surface area contributed by atoms with E-state index in [4.69, 9.17) is 11.6 Å². The van der Waals surface area contributed by atoms with E-state index in [1.54, 1.807) is 43.4 Å². The van der Waals surface area contributed by atoms with E-state index < -0.39 is 29.5 Å². The van der Waals surface area contributed by atoms with Crippen molar-refractivity contribution in [2.24, 2.45) is 0 Å². The van der Waals surface area contributed by atoms with Gasteiger partial charge in [0, 0.05) is 12.6 Å². The topological polar surface area (TPSA) is 49.4 Å². The van der Waals surface area contributed by atoms with Crippen molar-refractivity contribution in [3.63, 3.8) is 0 Å². The van der Waals surface area contributed by atoms with Crippen molar-refractivity contribution in [1.82, 2.24) is 4.90 Å². The first-order chi connectivity index (χ1) is 14.4. The number of halogens is 3. The van der Waals surface area contributed by atoms with E-state index in [-0.39, 0.29) is 16.6 Å². The zero-order valence-corrected chi connectivity index (χ0v) is 16.7. The number of benzene rings is 3. The molecule has 0 unspecified atom stereocenters. The third-order valence-electron chi connectivity index (χ3n) is 5.26. The van der Waals surface area contributed by atoms with Gasteiger partial charge in [0.25, 0.3) is 5.91 Å². The molecule has 3 aromatic rings. The van der Waals surface area contributed by atoms with E-state index in [1.807, 2.05) is 0 Å². The number of hydrogen-bond acceptors (Lipinski definition) is 2. The lowest BCUT2D eigenvalue weighted by molar-refractivity contribution is -0.119. The van der Waals surface area contributed by atoms with E-state index in [0.29, 0.717) is 16.7 Å². The fraction of sp³-hybridized carbons (Fsp3) is 0.130. The van der Waals surface area contributed by atoms with Crippen molar-refractivity contribution in [2.75, 3.05) is 12.4 Å². The van der Waals surface area contributed by atoms with Crippen LogP contribution in [0.5, 0.6) is 0 Å². The smallest absolute Gasteiger partial charge is 0.254 e. The fourth-order valence-corrected chi connectivity index (χ4v) is 4.05. The van der Waals surface area contributed by atoms with Crippen LogP contribution in [0, 0.1) is 11.6 Å². The summed E-state index contributed by atoms with van der Waals surface area (Å²) in [6, 6.07) is 15.6. The van der Waals surface area contributed by atoms with Crippen molar-refractivity contribution in [1.29, 1.82) is 0 Å². The monoisotopic (exact) mass is 426 g/mol. The Kier molecular flexibility index (Phi) is 5.26. The van der Waals surface area contributed by atoms with Crippen molar-refractivity contribution in [2.45, 2.75) is 12.0 Å². The molecule has 0 aromatic heterocycles. The Morgan fingerprint density at radius 1 is 1.00 bits per heavy atom. The van der Waals surface area contributed by atoms with Crippen molar-refractivity contribution >= 4 is 29.1 Å². The van der Waals surface area contributed by atoms with Gasteiger partial charge in [-0.2, -0.15) is 0 Å². The Balaban J connectivity index is 1.81. The first kappa shape index (κ1) is 20.0. The minimum atomic E-state index is -0.782. The molecule has 0 saturated carbocycles. The van der Waals surface area contributed by atoms with Gasteiger partial charge in [-0.25, -0.2) is 8.78 Å². The Bertz CT molecular complexity index is 1130. The molecule has 0 fully saturated rings. The summed E-state index contributed by atoms with van der Waals surface area (Å²) in [5.74, 6) is -2.36. The average molecular weight is 427 g/mol. The van der Waals surface area contributed by atoms with Gasteiger partial charge in [0.05, 0.1) is 22.7 Å². The first-order valence-corrected chi connectivity index (χ1v) is 9.62. The molecule has 0 radical (unpaired) electrons. The summed E-state index contributed by atoms with van der Waals surface area (Å²) in [4.78, 5) is 27.8. The van der Waals surface area contributed by atoms with E-state index in [2.05, 4.69) is 5.32 Å². The van der Waals surface area contributed by atoms with Crippen LogP contribution in [0.4, 0.5) is 14.5 Å². The van der Waals surface area contributed by atoms with Crippen LogP contribution in [0.1, 0.15) is 33.4 Å². The van der Waals surface area contributed by atoms with Crippen molar-refractivity contribution < 1.29 is 18.4 Å². The highest BCUT2D eigenvalue weighted by molar-refractivity contribution is 6.33. The number of amides is 2. The summed E-state index contributed by atoms with van der Waals surface area (Å²) in [5, 5.41) is 2.81. The molecule has 152 valence electrons. The molecule has 1 aliphatic heterocycles. The molecule has 2 atom stereocenters. The van der Waals surface area contributed by atoms with Gasteiger partial charge in [0.1, 0.15) is 11.6 Å². The Morgan fingerprint density at radius 3 is 2.37 bits per heavy atom. The first-order valence-electron chi connectivity index (χ1n) is 9.24. The van der Waals surface area contributed by atoms with E-state index >= 15 is 0 Å². The SMILES string of the molecule is CN1C(=O)c2ccccc2[C@H](C(=O)Nc2ccc(F)cc2Cl)[C@@H]1c1ccc(F)cc1. The zero-order valence-electron chi connectivity index (χ0n) is 15.9. The molecule has 0 spiro atoms. The largest absolute Gasteiger partial charge is 0.334 e. The lowest BCUT2D eigenvalue weighted by atomic mass is 9.79. The molecule has 3 aromatic carbocycles. The second-order valence-corrected chi connectivity index (χ2v) is 7.50. The Hall–Kier alpha value is -3.25. The number of nitrogens with one attached hydrogen (secondary N) is 1. The highest BCUT2D eigenvalue weighted by Gasteiger charge is 2.42. The minimum Gasteiger partial charge on any atom is -0.334 e. The summed E-state index contributed by atoms with van der Waals surface area (Å²) in [6.45, 7) is 0. The van der Waals surface area contributed by atoms with E-state index in [1.165, 1.54) is 29.2 Å². The summed E-state index contributed by atoms with van der Waals surface area (Å²) >= 11 is 6.07. The van der Waals surface area contributed by atoms with Gasteiger partial charge in [0.2, 0.25) is 5.91 Å². The molecule has 4 nitrogen and oxygen atoms in total. The predicted octanol–water partition coefficient (Wildman–Crippen LogP) is 5.17. The number of likely N-dealkylation sites (N-methyl/N-ethyl adjacent to an activating group) is 1. The lowest BCUT2D eigenvalue weighted by Crippen LogP contribution is -2.44. The maximum atomic E-state index is 13.5. The van der Waals surface area contributed by atoms with Gasteiger partial charge < -0.3 is 10.2 Å². The average Bonchev–Trinajstić information content (AvgIpc) is 2.73. The standard InChI is InChI=1S/C23H17ClF2N2O2/c1-28-21(13-6-8-14(25)9-7-13)20(16-4-2-3-5-17(16)23(28)30)22(29)27-19-11-10-15(26)12-18(19)24/h2-12,20-21H,1H3,(H,27,29)/t20-,21-/m0/s1. The van der Waals surface area contributed by atoms with Crippen molar-refractivity contribution in [3.05, 3.63) is 100 Å². The maximum absolute atomic E-state index is 13.5. The Morgan fingerprint density at radius 2 is 1.67 bits per heavy atom.